The first-order valence-corrected chi connectivity index (χ1v) is 9.28. The van der Waals surface area contributed by atoms with Crippen LogP contribution in [0.25, 0.3) is 11.0 Å². The van der Waals surface area contributed by atoms with Gasteiger partial charge in [-0.25, -0.2) is 19.6 Å². The van der Waals surface area contributed by atoms with Gasteiger partial charge in [0.2, 0.25) is 5.95 Å². The molecule has 0 atom stereocenters. The molecule has 0 spiro atoms. The number of amides is 2. The molecule has 2 amide bonds. The van der Waals surface area contributed by atoms with E-state index in [0.717, 1.165) is 24.0 Å². The molecule has 0 saturated carbocycles. The minimum Gasteiger partial charge on any atom is -0.339 e. The third-order valence-corrected chi connectivity index (χ3v) is 5.14. The summed E-state index contributed by atoms with van der Waals surface area (Å²) in [5.74, 6) is 0.695. The molecule has 3 aromatic rings. The molecule has 1 saturated heterocycles. The van der Waals surface area contributed by atoms with Gasteiger partial charge in [-0.3, -0.25) is 9.13 Å². The Labute approximate surface area is 162 Å². The number of carbonyl (C=O) groups excluding carboxylic acids is 1. The normalized spacial score (nSPS) is 14.9. The summed E-state index contributed by atoms with van der Waals surface area (Å²) in [6.45, 7) is 2.76. The maximum Gasteiger partial charge on any atom is 0.328 e. The highest BCUT2D eigenvalue weighted by molar-refractivity contribution is 5.92. The maximum absolute atomic E-state index is 12.7. The minimum absolute atomic E-state index is 0.0887. The van der Waals surface area contributed by atoms with Gasteiger partial charge in [0, 0.05) is 58.4 Å². The first-order chi connectivity index (χ1) is 13.5. The maximum atomic E-state index is 12.7. The van der Waals surface area contributed by atoms with Gasteiger partial charge < -0.3 is 15.1 Å². The largest absolute Gasteiger partial charge is 0.339 e. The van der Waals surface area contributed by atoms with Crippen LogP contribution in [0.15, 0.2) is 41.5 Å². The van der Waals surface area contributed by atoms with E-state index in [4.69, 9.17) is 0 Å². The van der Waals surface area contributed by atoms with Crippen molar-refractivity contribution in [3.63, 3.8) is 0 Å². The molecule has 0 bridgehead atoms. The molecule has 1 fully saturated rings. The Hall–Kier alpha value is -3.36. The number of hydrogen-bond acceptors (Lipinski definition) is 5. The van der Waals surface area contributed by atoms with Crippen molar-refractivity contribution >= 4 is 28.7 Å². The van der Waals surface area contributed by atoms with Crippen LogP contribution < -0.4 is 15.9 Å². The smallest absolute Gasteiger partial charge is 0.328 e. The lowest BCUT2D eigenvalue weighted by molar-refractivity contribution is 0.215. The summed E-state index contributed by atoms with van der Waals surface area (Å²) >= 11 is 0. The van der Waals surface area contributed by atoms with Crippen LogP contribution in [0.5, 0.6) is 0 Å². The van der Waals surface area contributed by atoms with Crippen molar-refractivity contribution in [2.45, 2.75) is 6.42 Å². The molecule has 4 rings (SSSR count). The van der Waals surface area contributed by atoms with Gasteiger partial charge in [-0.2, -0.15) is 0 Å². The number of rotatable bonds is 2. The Bertz CT molecular complexity index is 1060. The minimum atomic E-state index is -0.142. The Kier molecular flexibility index (Phi) is 4.72. The molecule has 1 N–H and O–H groups in total. The Balaban J connectivity index is 1.46. The van der Waals surface area contributed by atoms with Crippen LogP contribution >= 0.6 is 0 Å². The summed E-state index contributed by atoms with van der Waals surface area (Å²) in [7, 11) is 3.47. The van der Waals surface area contributed by atoms with Crippen LogP contribution in [0.3, 0.4) is 0 Å². The van der Waals surface area contributed by atoms with E-state index in [1.54, 1.807) is 46.6 Å². The van der Waals surface area contributed by atoms with E-state index in [0.29, 0.717) is 31.3 Å². The van der Waals surface area contributed by atoms with Gasteiger partial charge in [0.1, 0.15) is 0 Å². The average molecular weight is 381 g/mol. The number of imidazole rings is 1. The second kappa shape index (κ2) is 7.34. The van der Waals surface area contributed by atoms with E-state index in [2.05, 4.69) is 20.2 Å². The van der Waals surface area contributed by atoms with Crippen molar-refractivity contribution in [3.8, 4) is 0 Å². The molecule has 2 aromatic heterocycles. The molecule has 0 unspecified atom stereocenters. The van der Waals surface area contributed by atoms with Gasteiger partial charge in [-0.05, 0) is 30.7 Å². The fourth-order valence-corrected chi connectivity index (χ4v) is 3.56. The number of nitrogens with zero attached hydrogens (tertiary/aromatic N) is 6. The summed E-state index contributed by atoms with van der Waals surface area (Å²) in [5.41, 5.74) is 2.20. The molecule has 1 aliphatic heterocycles. The zero-order valence-corrected chi connectivity index (χ0v) is 16.0. The number of anilines is 2. The molecule has 0 aliphatic carbocycles. The number of benzene rings is 1. The predicted molar refractivity (Wildman–Crippen MR) is 108 cm³/mol. The quantitative estimate of drug-likeness (QED) is 0.725. The molecule has 146 valence electrons. The third kappa shape index (κ3) is 3.30. The molecule has 1 aliphatic rings. The molecule has 9 nitrogen and oxygen atoms in total. The van der Waals surface area contributed by atoms with Gasteiger partial charge in [0.15, 0.2) is 0 Å². The highest BCUT2D eigenvalue weighted by Gasteiger charge is 2.20. The molecule has 9 heteroatoms. The summed E-state index contributed by atoms with van der Waals surface area (Å²) in [4.78, 5) is 37.3. The highest BCUT2D eigenvalue weighted by atomic mass is 16.2. The van der Waals surface area contributed by atoms with E-state index in [1.807, 2.05) is 18.2 Å². The molecular weight excluding hydrogens is 358 g/mol. The van der Waals surface area contributed by atoms with Crippen molar-refractivity contribution in [2.75, 3.05) is 36.4 Å². The number of aryl methyl sites for hydroxylation is 2. The first kappa shape index (κ1) is 18.0. The fourth-order valence-electron chi connectivity index (χ4n) is 3.56. The van der Waals surface area contributed by atoms with E-state index in [1.165, 1.54) is 0 Å². The van der Waals surface area contributed by atoms with E-state index < -0.39 is 0 Å². The monoisotopic (exact) mass is 381 g/mol. The molecule has 28 heavy (non-hydrogen) atoms. The lowest BCUT2D eigenvalue weighted by Gasteiger charge is -2.22. The van der Waals surface area contributed by atoms with Crippen LogP contribution in [0.4, 0.5) is 16.4 Å². The van der Waals surface area contributed by atoms with Crippen LogP contribution in [0, 0.1) is 0 Å². The number of nitrogens with one attached hydrogen (secondary N) is 1. The third-order valence-electron chi connectivity index (χ3n) is 5.14. The topological polar surface area (TPSA) is 88.3 Å². The lowest BCUT2D eigenvalue weighted by atomic mass is 10.2. The molecule has 1 aromatic carbocycles. The first-order valence-electron chi connectivity index (χ1n) is 9.28. The van der Waals surface area contributed by atoms with Gasteiger partial charge in [0.05, 0.1) is 11.0 Å². The zero-order valence-electron chi connectivity index (χ0n) is 16.0. The summed E-state index contributed by atoms with van der Waals surface area (Å²) in [6.07, 6.45) is 4.30. The van der Waals surface area contributed by atoms with Crippen molar-refractivity contribution in [1.29, 1.82) is 0 Å². The molecular formula is C19H23N7O2. The number of hydrogen-bond donors (Lipinski definition) is 1. The summed E-state index contributed by atoms with van der Waals surface area (Å²) < 4.78 is 3.17. The number of urea groups is 1. The SMILES string of the molecule is Cn1c(=O)n(C)c2cc(NC(=O)N3CCCN(c4ncccn4)CC3)ccc21. The van der Waals surface area contributed by atoms with Gasteiger partial charge in [-0.15, -0.1) is 0 Å². The van der Waals surface area contributed by atoms with Crippen molar-refractivity contribution in [2.24, 2.45) is 14.1 Å². The second-order valence-corrected chi connectivity index (χ2v) is 6.91. The van der Waals surface area contributed by atoms with Crippen molar-refractivity contribution < 1.29 is 4.79 Å². The Morgan fingerprint density at radius 1 is 1.00 bits per heavy atom. The van der Waals surface area contributed by atoms with Crippen LogP contribution in [0.1, 0.15) is 6.42 Å². The number of aromatic nitrogens is 4. The number of fused-ring (bicyclic) bond motifs is 1. The van der Waals surface area contributed by atoms with E-state index in [-0.39, 0.29) is 11.7 Å². The Morgan fingerprint density at radius 3 is 2.54 bits per heavy atom. The van der Waals surface area contributed by atoms with Crippen molar-refractivity contribution in [1.82, 2.24) is 24.0 Å². The van der Waals surface area contributed by atoms with E-state index in [9.17, 15) is 9.59 Å². The summed E-state index contributed by atoms with van der Waals surface area (Å²) in [5, 5.41) is 2.95. The zero-order chi connectivity index (χ0) is 19.7. The van der Waals surface area contributed by atoms with Crippen molar-refractivity contribution in [3.05, 3.63) is 47.1 Å². The van der Waals surface area contributed by atoms with Gasteiger partial charge in [-0.1, -0.05) is 0 Å². The van der Waals surface area contributed by atoms with E-state index >= 15 is 0 Å². The Morgan fingerprint density at radius 2 is 1.75 bits per heavy atom. The average Bonchev–Trinajstić information content (AvgIpc) is 2.91. The van der Waals surface area contributed by atoms with Gasteiger partial charge >= 0.3 is 11.7 Å². The highest BCUT2D eigenvalue weighted by Crippen LogP contribution is 2.18. The second-order valence-electron chi connectivity index (χ2n) is 6.91. The van der Waals surface area contributed by atoms with Gasteiger partial charge in [0.25, 0.3) is 0 Å². The summed E-state index contributed by atoms with van der Waals surface area (Å²) in [6, 6.07) is 7.15. The van der Waals surface area contributed by atoms with Crippen LogP contribution in [0.2, 0.25) is 0 Å². The standard InChI is InChI=1S/C19H23N7O2/c1-23-15-6-5-14(13-16(15)24(2)19(23)28)22-18(27)26-10-4-9-25(11-12-26)17-20-7-3-8-21-17/h3,5-8,13H,4,9-12H2,1-2H3,(H,22,27). The van der Waals surface area contributed by atoms with Crippen LogP contribution in [-0.4, -0.2) is 56.2 Å². The number of carbonyl (C=O) groups is 1. The molecule has 0 radical (unpaired) electrons. The molecule has 3 heterocycles. The van der Waals surface area contributed by atoms with Crippen LogP contribution in [-0.2, 0) is 14.1 Å². The fraction of sp³-hybridized carbons (Fsp3) is 0.368. The lowest BCUT2D eigenvalue weighted by Crippen LogP contribution is -2.38. The predicted octanol–water partition coefficient (Wildman–Crippen LogP) is 1.41.